The van der Waals surface area contributed by atoms with Crippen LogP contribution in [0, 0.1) is 20.8 Å². The molecule has 0 saturated heterocycles. The Bertz CT molecular complexity index is 605. The molecule has 2 rings (SSSR count). The molecule has 0 saturated carbocycles. The van der Waals surface area contributed by atoms with Gasteiger partial charge in [-0.05, 0) is 55.7 Å². The summed E-state index contributed by atoms with van der Waals surface area (Å²) in [6.07, 6.45) is -0.473. The van der Waals surface area contributed by atoms with Crippen molar-refractivity contribution in [3.8, 4) is 5.75 Å². The van der Waals surface area contributed by atoms with Gasteiger partial charge in [0.05, 0.1) is 0 Å². The maximum absolute atomic E-state index is 11.8. The minimum absolute atomic E-state index is 0.473. The van der Waals surface area contributed by atoms with Crippen LogP contribution in [-0.4, -0.2) is 6.09 Å². The molecule has 1 N–H and O–H groups in total. The second-order valence-corrected chi connectivity index (χ2v) is 4.58. The fourth-order valence-corrected chi connectivity index (χ4v) is 1.80. The molecule has 0 aliphatic heterocycles. The van der Waals surface area contributed by atoms with Gasteiger partial charge in [-0.25, -0.2) is 4.79 Å². The molecule has 2 aromatic rings. The summed E-state index contributed by atoms with van der Waals surface area (Å²) in [5, 5.41) is 2.72. The number of ether oxygens (including phenoxy) is 1. The van der Waals surface area contributed by atoms with E-state index in [9.17, 15) is 4.79 Å². The SMILES string of the molecule is Cc1cccc(NC(=O)Oc2cccc(C)c2C)c1. The third-order valence-electron chi connectivity index (χ3n) is 3.02. The van der Waals surface area contributed by atoms with E-state index < -0.39 is 6.09 Å². The number of nitrogens with one attached hydrogen (secondary N) is 1. The molecule has 3 nitrogen and oxygen atoms in total. The van der Waals surface area contributed by atoms with Crippen LogP contribution >= 0.6 is 0 Å². The quantitative estimate of drug-likeness (QED) is 0.872. The third-order valence-corrected chi connectivity index (χ3v) is 3.02. The highest BCUT2D eigenvalue weighted by Crippen LogP contribution is 2.21. The van der Waals surface area contributed by atoms with E-state index in [0.29, 0.717) is 5.75 Å². The summed E-state index contributed by atoms with van der Waals surface area (Å²) in [6.45, 7) is 5.90. The number of aryl methyl sites for hydroxylation is 2. The molecule has 0 heterocycles. The highest BCUT2D eigenvalue weighted by molar-refractivity contribution is 5.86. The molecular weight excluding hydrogens is 238 g/mol. The van der Waals surface area contributed by atoms with Gasteiger partial charge in [0.1, 0.15) is 5.75 Å². The smallest absolute Gasteiger partial charge is 0.410 e. The molecule has 3 heteroatoms. The van der Waals surface area contributed by atoms with E-state index >= 15 is 0 Å². The van der Waals surface area contributed by atoms with Crippen molar-refractivity contribution >= 4 is 11.8 Å². The molecule has 19 heavy (non-hydrogen) atoms. The molecular formula is C16H17NO2. The minimum atomic E-state index is -0.473. The Morgan fingerprint density at radius 1 is 1.05 bits per heavy atom. The largest absolute Gasteiger partial charge is 0.417 e. The summed E-state index contributed by atoms with van der Waals surface area (Å²) >= 11 is 0. The first-order valence-electron chi connectivity index (χ1n) is 6.18. The molecule has 2 aromatic carbocycles. The molecule has 0 fully saturated rings. The summed E-state index contributed by atoms with van der Waals surface area (Å²) in [7, 11) is 0. The number of benzene rings is 2. The summed E-state index contributed by atoms with van der Waals surface area (Å²) in [6, 6.07) is 13.2. The summed E-state index contributed by atoms with van der Waals surface area (Å²) in [4.78, 5) is 11.8. The van der Waals surface area contributed by atoms with Gasteiger partial charge < -0.3 is 4.74 Å². The predicted molar refractivity (Wildman–Crippen MR) is 76.7 cm³/mol. The number of carbonyl (C=O) groups is 1. The van der Waals surface area contributed by atoms with Crippen LogP contribution in [0.3, 0.4) is 0 Å². The van der Waals surface area contributed by atoms with E-state index in [1.165, 1.54) is 0 Å². The van der Waals surface area contributed by atoms with Gasteiger partial charge in [-0.2, -0.15) is 0 Å². The van der Waals surface area contributed by atoms with E-state index in [4.69, 9.17) is 4.74 Å². The first-order valence-corrected chi connectivity index (χ1v) is 6.18. The lowest BCUT2D eigenvalue weighted by atomic mass is 10.1. The van der Waals surface area contributed by atoms with E-state index in [1.54, 1.807) is 6.07 Å². The standard InChI is InChI=1S/C16H17NO2/c1-11-6-4-8-14(10-11)17-16(18)19-15-9-5-7-12(2)13(15)3/h4-10H,1-3H3,(H,17,18). The van der Waals surface area contributed by atoms with Gasteiger partial charge in [-0.15, -0.1) is 0 Å². The van der Waals surface area contributed by atoms with E-state index in [1.807, 2.05) is 57.2 Å². The predicted octanol–water partition coefficient (Wildman–Crippen LogP) is 4.22. The monoisotopic (exact) mass is 255 g/mol. The average molecular weight is 255 g/mol. The molecule has 98 valence electrons. The van der Waals surface area contributed by atoms with E-state index in [-0.39, 0.29) is 0 Å². The molecule has 0 bridgehead atoms. The van der Waals surface area contributed by atoms with Crippen molar-refractivity contribution in [2.24, 2.45) is 0 Å². The van der Waals surface area contributed by atoms with Crippen LogP contribution in [0.5, 0.6) is 5.75 Å². The molecule has 0 unspecified atom stereocenters. The minimum Gasteiger partial charge on any atom is -0.410 e. The number of amides is 1. The first kappa shape index (κ1) is 13.1. The second-order valence-electron chi connectivity index (χ2n) is 4.58. The van der Waals surface area contributed by atoms with Crippen LogP contribution < -0.4 is 10.1 Å². The van der Waals surface area contributed by atoms with Crippen molar-refractivity contribution in [2.75, 3.05) is 5.32 Å². The fraction of sp³-hybridized carbons (Fsp3) is 0.188. The Morgan fingerprint density at radius 2 is 1.79 bits per heavy atom. The lowest BCUT2D eigenvalue weighted by molar-refractivity contribution is 0.215. The first-order chi connectivity index (χ1) is 9.06. The van der Waals surface area contributed by atoms with Crippen LogP contribution in [0.25, 0.3) is 0 Å². The van der Waals surface area contributed by atoms with Gasteiger partial charge in [0, 0.05) is 5.69 Å². The molecule has 0 aliphatic carbocycles. The van der Waals surface area contributed by atoms with Gasteiger partial charge >= 0.3 is 6.09 Å². The zero-order valence-electron chi connectivity index (χ0n) is 11.4. The lowest BCUT2D eigenvalue weighted by Gasteiger charge is -2.10. The van der Waals surface area contributed by atoms with Crippen molar-refractivity contribution < 1.29 is 9.53 Å². The normalized spacial score (nSPS) is 10.1. The number of hydrogen-bond donors (Lipinski definition) is 1. The van der Waals surface area contributed by atoms with Gasteiger partial charge in [-0.1, -0.05) is 24.3 Å². The second kappa shape index (κ2) is 5.57. The number of hydrogen-bond acceptors (Lipinski definition) is 2. The molecule has 1 amide bonds. The number of anilines is 1. The summed E-state index contributed by atoms with van der Waals surface area (Å²) in [5.41, 5.74) is 3.89. The van der Waals surface area contributed by atoms with E-state index in [0.717, 1.165) is 22.4 Å². The van der Waals surface area contributed by atoms with Crippen molar-refractivity contribution in [1.82, 2.24) is 0 Å². The summed E-state index contributed by atoms with van der Waals surface area (Å²) < 4.78 is 5.32. The maximum atomic E-state index is 11.8. The Kier molecular flexibility index (Phi) is 3.85. The van der Waals surface area contributed by atoms with E-state index in [2.05, 4.69) is 5.32 Å². The Balaban J connectivity index is 2.08. The Morgan fingerprint density at radius 3 is 2.53 bits per heavy atom. The molecule has 0 atom stereocenters. The van der Waals surface area contributed by atoms with Crippen molar-refractivity contribution in [2.45, 2.75) is 20.8 Å². The van der Waals surface area contributed by atoms with Crippen molar-refractivity contribution in [3.05, 3.63) is 59.2 Å². The summed E-state index contributed by atoms with van der Waals surface area (Å²) in [5.74, 6) is 0.588. The van der Waals surface area contributed by atoms with Gasteiger partial charge in [-0.3, -0.25) is 5.32 Å². The highest BCUT2D eigenvalue weighted by Gasteiger charge is 2.08. The van der Waals surface area contributed by atoms with Crippen LogP contribution in [0.15, 0.2) is 42.5 Å². The Hall–Kier alpha value is -2.29. The van der Waals surface area contributed by atoms with Crippen LogP contribution in [0.4, 0.5) is 10.5 Å². The molecule has 0 aliphatic rings. The number of carbonyl (C=O) groups excluding carboxylic acids is 1. The zero-order valence-corrected chi connectivity index (χ0v) is 11.4. The average Bonchev–Trinajstić information content (AvgIpc) is 2.35. The van der Waals surface area contributed by atoms with Crippen molar-refractivity contribution in [3.63, 3.8) is 0 Å². The molecule has 0 radical (unpaired) electrons. The van der Waals surface area contributed by atoms with Gasteiger partial charge in [0.25, 0.3) is 0 Å². The van der Waals surface area contributed by atoms with Crippen LogP contribution in [0.1, 0.15) is 16.7 Å². The Labute approximate surface area is 113 Å². The van der Waals surface area contributed by atoms with Crippen LogP contribution in [0.2, 0.25) is 0 Å². The zero-order chi connectivity index (χ0) is 13.8. The molecule has 0 spiro atoms. The highest BCUT2D eigenvalue weighted by atomic mass is 16.6. The van der Waals surface area contributed by atoms with Crippen LogP contribution in [-0.2, 0) is 0 Å². The topological polar surface area (TPSA) is 38.3 Å². The number of rotatable bonds is 2. The third kappa shape index (κ3) is 3.35. The van der Waals surface area contributed by atoms with Gasteiger partial charge in [0.2, 0.25) is 0 Å². The van der Waals surface area contributed by atoms with Gasteiger partial charge in [0.15, 0.2) is 0 Å². The maximum Gasteiger partial charge on any atom is 0.417 e. The fourth-order valence-electron chi connectivity index (χ4n) is 1.80. The van der Waals surface area contributed by atoms with Crippen molar-refractivity contribution in [1.29, 1.82) is 0 Å². The molecule has 0 aromatic heterocycles. The lowest BCUT2D eigenvalue weighted by Crippen LogP contribution is -2.17.